The Morgan fingerprint density at radius 3 is 2.39 bits per heavy atom. The van der Waals surface area contributed by atoms with E-state index in [0.717, 1.165) is 6.07 Å². The zero-order chi connectivity index (χ0) is 24.8. The topological polar surface area (TPSA) is 90.0 Å². The minimum absolute atomic E-state index is 0.0802. The molecule has 2 heterocycles. The number of amides is 1. The molecule has 0 fully saturated rings. The summed E-state index contributed by atoms with van der Waals surface area (Å²) < 4.78 is 42.9. The molecule has 0 unspecified atom stereocenters. The van der Waals surface area contributed by atoms with Gasteiger partial charge in [-0.25, -0.2) is 4.98 Å². The number of halogens is 3. The van der Waals surface area contributed by atoms with Gasteiger partial charge in [-0.1, -0.05) is 44.9 Å². The molecule has 1 amide bonds. The lowest BCUT2D eigenvalue weighted by molar-refractivity contribution is -0.136. The van der Waals surface area contributed by atoms with E-state index in [4.69, 9.17) is 5.73 Å². The Labute approximate surface area is 188 Å². The fourth-order valence-corrected chi connectivity index (χ4v) is 3.01. The number of alkyl halides is 3. The number of nitrogens with two attached hydrogens (primary N) is 1. The SMILES string of the molecule is C=C/C=C(\C=C)Nc1cc(=O)c2c(C(F)(F)F)cc(C(N)=O)nc2n1C(/C=C\CC)=C/C=C. The number of hydrogen-bond donors (Lipinski definition) is 2. The third-order valence-corrected chi connectivity index (χ3v) is 4.39. The second-order valence-corrected chi connectivity index (χ2v) is 6.67. The lowest BCUT2D eigenvalue weighted by Gasteiger charge is -2.21. The van der Waals surface area contributed by atoms with E-state index >= 15 is 0 Å². The van der Waals surface area contributed by atoms with Gasteiger partial charge in [0.1, 0.15) is 11.5 Å². The van der Waals surface area contributed by atoms with Crippen molar-refractivity contribution >= 4 is 28.5 Å². The first-order valence-corrected chi connectivity index (χ1v) is 9.78. The van der Waals surface area contributed by atoms with Crippen LogP contribution < -0.4 is 16.5 Å². The van der Waals surface area contributed by atoms with Crippen LogP contribution in [0, 0.1) is 0 Å². The van der Waals surface area contributed by atoms with Crippen LogP contribution in [0.25, 0.3) is 16.7 Å². The highest BCUT2D eigenvalue weighted by Gasteiger charge is 2.36. The fraction of sp³-hybridized carbons (Fsp3) is 0.125. The van der Waals surface area contributed by atoms with Crippen LogP contribution in [-0.4, -0.2) is 15.5 Å². The maximum absolute atomic E-state index is 13.9. The van der Waals surface area contributed by atoms with Crippen molar-refractivity contribution in [1.29, 1.82) is 0 Å². The third-order valence-electron chi connectivity index (χ3n) is 4.39. The van der Waals surface area contributed by atoms with Crippen molar-refractivity contribution in [2.45, 2.75) is 19.5 Å². The summed E-state index contributed by atoms with van der Waals surface area (Å²) in [7, 11) is 0. The van der Waals surface area contributed by atoms with Crippen molar-refractivity contribution in [3.63, 3.8) is 0 Å². The van der Waals surface area contributed by atoms with Crippen molar-refractivity contribution in [2.24, 2.45) is 5.73 Å². The number of nitrogens with zero attached hydrogens (tertiary/aromatic N) is 2. The van der Waals surface area contributed by atoms with E-state index in [1.54, 1.807) is 18.2 Å². The van der Waals surface area contributed by atoms with E-state index in [1.807, 2.05) is 6.92 Å². The van der Waals surface area contributed by atoms with Gasteiger partial charge >= 0.3 is 6.18 Å². The van der Waals surface area contributed by atoms with Crippen molar-refractivity contribution in [1.82, 2.24) is 9.55 Å². The average molecular weight is 456 g/mol. The summed E-state index contributed by atoms with van der Waals surface area (Å²) in [6.45, 7) is 12.8. The van der Waals surface area contributed by atoms with Gasteiger partial charge in [-0.3, -0.25) is 14.2 Å². The maximum atomic E-state index is 13.9. The van der Waals surface area contributed by atoms with Gasteiger partial charge in [0.2, 0.25) is 0 Å². The number of nitrogens with one attached hydrogen (secondary N) is 1. The van der Waals surface area contributed by atoms with Crippen molar-refractivity contribution in [2.75, 3.05) is 5.32 Å². The molecule has 2 aromatic heterocycles. The van der Waals surface area contributed by atoms with Gasteiger partial charge in [0, 0.05) is 17.5 Å². The second-order valence-electron chi connectivity index (χ2n) is 6.67. The Morgan fingerprint density at radius 1 is 1.21 bits per heavy atom. The van der Waals surface area contributed by atoms with Crippen LogP contribution in [0.2, 0.25) is 0 Å². The standard InChI is InChI=1S/C24H23F3N4O2/c1-5-9-12-16(11-7-3)31-20(29-15(8-4)10-6-2)14-19(32)21-17(24(25,26)27)13-18(22(28)33)30-23(21)31/h6-14,29H,2-5H2,1H3,(H2,28,33)/b12-9-,15-10+,16-11+. The highest BCUT2D eigenvalue weighted by molar-refractivity contribution is 5.95. The van der Waals surface area contributed by atoms with Crippen molar-refractivity contribution in [3.05, 3.63) is 102 Å². The number of primary amides is 1. The first-order valence-electron chi connectivity index (χ1n) is 9.78. The number of aromatic nitrogens is 2. The first-order chi connectivity index (χ1) is 15.6. The molecule has 0 aliphatic rings. The van der Waals surface area contributed by atoms with Crippen LogP contribution in [0.5, 0.6) is 0 Å². The lowest BCUT2D eigenvalue weighted by Crippen LogP contribution is -2.22. The quantitative estimate of drug-likeness (QED) is 0.509. The molecular formula is C24H23F3N4O2. The van der Waals surface area contributed by atoms with Crippen LogP contribution in [-0.2, 0) is 6.18 Å². The molecule has 0 radical (unpaired) electrons. The molecule has 0 aromatic carbocycles. The zero-order valence-electron chi connectivity index (χ0n) is 17.9. The summed E-state index contributed by atoms with van der Waals surface area (Å²) in [5.41, 5.74) is 2.71. The molecule has 0 saturated heterocycles. The molecule has 0 saturated carbocycles. The van der Waals surface area contributed by atoms with E-state index in [2.05, 4.69) is 30.0 Å². The first kappa shape index (κ1) is 25.1. The largest absolute Gasteiger partial charge is 0.417 e. The van der Waals surface area contributed by atoms with Crippen LogP contribution in [0.4, 0.5) is 19.0 Å². The monoisotopic (exact) mass is 456 g/mol. The zero-order valence-corrected chi connectivity index (χ0v) is 17.9. The molecule has 2 aromatic rings. The molecule has 0 aliphatic carbocycles. The van der Waals surface area contributed by atoms with Crippen LogP contribution in [0.3, 0.4) is 0 Å². The maximum Gasteiger partial charge on any atom is 0.417 e. The van der Waals surface area contributed by atoms with Crippen LogP contribution in [0.15, 0.2) is 84.9 Å². The Kier molecular flexibility index (Phi) is 7.95. The fourth-order valence-electron chi connectivity index (χ4n) is 3.01. The van der Waals surface area contributed by atoms with E-state index < -0.39 is 39.8 Å². The van der Waals surface area contributed by atoms with Gasteiger partial charge < -0.3 is 11.1 Å². The van der Waals surface area contributed by atoms with Crippen LogP contribution in [0.1, 0.15) is 29.4 Å². The Bertz CT molecular complexity index is 1270. The second kappa shape index (κ2) is 10.4. The molecule has 0 bridgehead atoms. The van der Waals surface area contributed by atoms with Crippen LogP contribution >= 0.6 is 0 Å². The van der Waals surface area contributed by atoms with Crippen molar-refractivity contribution in [3.8, 4) is 0 Å². The number of rotatable bonds is 9. The number of pyridine rings is 2. The van der Waals surface area contributed by atoms with E-state index in [1.165, 1.54) is 28.9 Å². The molecule has 0 atom stereocenters. The number of fused-ring (bicyclic) bond motifs is 1. The predicted octanol–water partition coefficient (Wildman–Crippen LogP) is 5.18. The predicted molar refractivity (Wildman–Crippen MR) is 126 cm³/mol. The van der Waals surface area contributed by atoms with E-state index in [9.17, 15) is 22.8 Å². The number of hydrogen-bond acceptors (Lipinski definition) is 4. The molecule has 172 valence electrons. The van der Waals surface area contributed by atoms with Gasteiger partial charge in [-0.15, -0.1) is 0 Å². The van der Waals surface area contributed by atoms with Gasteiger partial charge in [-0.2, -0.15) is 13.2 Å². The number of carbonyl (C=O) groups is 1. The lowest BCUT2D eigenvalue weighted by atomic mass is 10.1. The average Bonchev–Trinajstić information content (AvgIpc) is 2.75. The summed E-state index contributed by atoms with van der Waals surface area (Å²) in [5.74, 6) is -1.09. The number of anilines is 1. The Morgan fingerprint density at radius 2 is 1.88 bits per heavy atom. The van der Waals surface area contributed by atoms with Gasteiger partial charge in [0.15, 0.2) is 11.1 Å². The molecule has 0 spiro atoms. The van der Waals surface area contributed by atoms with E-state index in [-0.39, 0.29) is 5.82 Å². The highest BCUT2D eigenvalue weighted by atomic mass is 19.4. The number of allylic oxidation sites excluding steroid dienone is 8. The van der Waals surface area contributed by atoms with Crippen molar-refractivity contribution < 1.29 is 18.0 Å². The summed E-state index contributed by atoms with van der Waals surface area (Å²) in [5, 5.41) is 2.24. The molecular weight excluding hydrogens is 433 g/mol. The summed E-state index contributed by atoms with van der Waals surface area (Å²) in [6, 6.07) is 1.50. The summed E-state index contributed by atoms with van der Waals surface area (Å²) in [4.78, 5) is 28.7. The smallest absolute Gasteiger partial charge is 0.364 e. The minimum Gasteiger partial charge on any atom is -0.364 e. The Hall–Kier alpha value is -4.14. The van der Waals surface area contributed by atoms with E-state index in [0.29, 0.717) is 23.9 Å². The Balaban J connectivity index is 3.18. The summed E-state index contributed by atoms with van der Waals surface area (Å²) >= 11 is 0. The molecule has 6 nitrogen and oxygen atoms in total. The highest BCUT2D eigenvalue weighted by Crippen LogP contribution is 2.35. The molecule has 33 heavy (non-hydrogen) atoms. The molecule has 3 N–H and O–H groups in total. The normalized spacial score (nSPS) is 12.7. The molecule has 0 aliphatic heterocycles. The minimum atomic E-state index is -4.94. The summed E-state index contributed by atoms with van der Waals surface area (Å²) in [6.07, 6.45) is 6.50. The van der Waals surface area contributed by atoms with Gasteiger partial charge in [0.25, 0.3) is 5.91 Å². The molecule has 9 heteroatoms. The van der Waals surface area contributed by atoms with Gasteiger partial charge in [-0.05, 0) is 36.8 Å². The third kappa shape index (κ3) is 5.57. The number of carbonyl (C=O) groups excluding carboxylic acids is 1. The van der Waals surface area contributed by atoms with Gasteiger partial charge in [0.05, 0.1) is 10.9 Å². The molecule has 2 rings (SSSR count).